The number of carbonyl (C=O) groups is 2. The first-order chi connectivity index (χ1) is 13.6. The van der Waals surface area contributed by atoms with Crippen LogP contribution < -0.4 is 0 Å². The fourth-order valence-corrected chi connectivity index (χ4v) is 4.92. The molecule has 28 heavy (non-hydrogen) atoms. The van der Waals surface area contributed by atoms with E-state index in [-0.39, 0.29) is 36.4 Å². The Hall–Kier alpha value is -1.69. The number of allylic oxidation sites excluding steroid dienone is 2. The van der Waals surface area contributed by atoms with Crippen molar-refractivity contribution < 1.29 is 19.4 Å². The molecule has 0 aromatic rings. The van der Waals surface area contributed by atoms with Crippen LogP contribution >= 0.6 is 0 Å². The number of fused-ring (bicyclic) bond motifs is 2. The van der Waals surface area contributed by atoms with Gasteiger partial charge in [0.1, 0.15) is 0 Å². The van der Waals surface area contributed by atoms with Gasteiger partial charge < -0.3 is 9.84 Å². The Bertz CT molecular complexity index is 597. The molecule has 0 aromatic carbocycles. The van der Waals surface area contributed by atoms with Crippen LogP contribution in [-0.2, 0) is 14.3 Å². The van der Waals surface area contributed by atoms with Crippen molar-refractivity contribution in [3.05, 3.63) is 12.2 Å². The van der Waals surface area contributed by atoms with Crippen LogP contribution in [0.15, 0.2) is 17.3 Å². The van der Waals surface area contributed by atoms with Crippen LogP contribution in [0.1, 0.15) is 70.6 Å². The summed E-state index contributed by atoms with van der Waals surface area (Å²) >= 11 is 0. The molecule has 1 N–H and O–H groups in total. The first kappa shape index (κ1) is 21.0. The van der Waals surface area contributed by atoms with Gasteiger partial charge in [0.15, 0.2) is 0 Å². The number of hydrogen-bond acceptors (Lipinski definition) is 4. The maximum absolute atomic E-state index is 12.6. The van der Waals surface area contributed by atoms with Crippen molar-refractivity contribution in [3.8, 4) is 0 Å². The Kier molecular flexibility index (Phi) is 7.65. The van der Waals surface area contributed by atoms with Crippen molar-refractivity contribution in [3.63, 3.8) is 0 Å². The molecule has 2 aliphatic heterocycles. The van der Waals surface area contributed by atoms with E-state index in [0.29, 0.717) is 12.3 Å². The summed E-state index contributed by atoms with van der Waals surface area (Å²) in [7, 11) is 1.78. The van der Waals surface area contributed by atoms with Gasteiger partial charge in [-0.2, -0.15) is 5.10 Å². The lowest BCUT2D eigenvalue weighted by Crippen LogP contribution is -2.32. The molecule has 0 aromatic heterocycles. The van der Waals surface area contributed by atoms with E-state index in [1.165, 1.54) is 6.42 Å². The van der Waals surface area contributed by atoms with E-state index in [0.717, 1.165) is 51.4 Å². The molecule has 0 spiro atoms. The van der Waals surface area contributed by atoms with Gasteiger partial charge in [-0.05, 0) is 50.9 Å². The highest BCUT2D eigenvalue weighted by Crippen LogP contribution is 2.44. The summed E-state index contributed by atoms with van der Waals surface area (Å²) in [5.74, 6) is 0.199. The van der Waals surface area contributed by atoms with E-state index in [9.17, 15) is 9.59 Å². The highest BCUT2D eigenvalue weighted by atomic mass is 16.5. The molecule has 6 heteroatoms. The minimum atomic E-state index is -0.738. The molecule has 4 atom stereocenters. The predicted molar refractivity (Wildman–Crippen MR) is 108 cm³/mol. The van der Waals surface area contributed by atoms with E-state index in [4.69, 9.17) is 9.84 Å². The largest absolute Gasteiger partial charge is 0.481 e. The monoisotopic (exact) mass is 390 g/mol. The number of carbonyl (C=O) groups excluding carboxylic acids is 1. The Morgan fingerprint density at radius 1 is 1.11 bits per heavy atom. The number of amides is 1. The average molecular weight is 391 g/mol. The molecule has 156 valence electrons. The smallest absolute Gasteiger partial charge is 0.303 e. The van der Waals surface area contributed by atoms with Crippen LogP contribution in [0.4, 0.5) is 0 Å². The fourth-order valence-electron chi connectivity index (χ4n) is 4.92. The standard InChI is InChI=1S/C22H34N2O4/c1-24(22(27)16-9-5-4-6-10-16)23-15-18-17(19-13-14-20(18)28-19)11-7-2-3-8-12-21(25)26/h2,7,15-20H,3-6,8-14H2,1H3,(H,25,26)/t17-,18+,19-,20+/m1/s1. The zero-order chi connectivity index (χ0) is 19.9. The number of hydrogen-bond donors (Lipinski definition) is 1. The zero-order valence-electron chi connectivity index (χ0n) is 17.0. The molecule has 2 saturated heterocycles. The van der Waals surface area contributed by atoms with Gasteiger partial charge in [0.05, 0.1) is 12.2 Å². The molecule has 0 unspecified atom stereocenters. The van der Waals surface area contributed by atoms with E-state index in [2.05, 4.69) is 17.3 Å². The number of rotatable bonds is 9. The fraction of sp³-hybridized carbons (Fsp3) is 0.773. The zero-order valence-corrected chi connectivity index (χ0v) is 17.0. The van der Waals surface area contributed by atoms with Crippen molar-refractivity contribution in [2.45, 2.75) is 82.8 Å². The summed E-state index contributed by atoms with van der Waals surface area (Å²) in [5, 5.41) is 14.8. The van der Waals surface area contributed by atoms with Crippen LogP contribution in [0.2, 0.25) is 0 Å². The van der Waals surface area contributed by atoms with Crippen molar-refractivity contribution >= 4 is 18.1 Å². The summed E-state index contributed by atoms with van der Waals surface area (Å²) < 4.78 is 6.11. The summed E-state index contributed by atoms with van der Waals surface area (Å²) in [5.41, 5.74) is 0. The quantitative estimate of drug-likeness (QED) is 0.279. The van der Waals surface area contributed by atoms with Gasteiger partial charge in [-0.25, -0.2) is 5.01 Å². The Morgan fingerprint density at radius 3 is 2.61 bits per heavy atom. The summed E-state index contributed by atoms with van der Waals surface area (Å²) in [6, 6.07) is 0. The minimum absolute atomic E-state index is 0.136. The molecule has 2 heterocycles. The van der Waals surface area contributed by atoms with Gasteiger partial charge in [0, 0.05) is 31.5 Å². The van der Waals surface area contributed by atoms with Gasteiger partial charge in [-0.1, -0.05) is 31.4 Å². The third kappa shape index (κ3) is 5.43. The van der Waals surface area contributed by atoms with E-state index < -0.39 is 5.97 Å². The maximum atomic E-state index is 12.6. The lowest BCUT2D eigenvalue weighted by Gasteiger charge is -2.26. The van der Waals surface area contributed by atoms with Gasteiger partial charge in [-0.15, -0.1) is 0 Å². The molecule has 1 saturated carbocycles. The molecule has 3 fully saturated rings. The van der Waals surface area contributed by atoms with Crippen molar-refractivity contribution in [1.29, 1.82) is 0 Å². The molecule has 6 nitrogen and oxygen atoms in total. The third-order valence-corrected chi connectivity index (χ3v) is 6.51. The number of aliphatic carboxylic acids is 1. The molecular formula is C22H34N2O4. The maximum Gasteiger partial charge on any atom is 0.303 e. The number of ether oxygens (including phenoxy) is 1. The molecule has 1 amide bonds. The first-order valence-corrected chi connectivity index (χ1v) is 10.9. The van der Waals surface area contributed by atoms with Gasteiger partial charge >= 0.3 is 5.97 Å². The van der Waals surface area contributed by atoms with Crippen LogP contribution in [0.3, 0.4) is 0 Å². The second-order valence-electron chi connectivity index (χ2n) is 8.49. The molecule has 3 aliphatic rings. The molecule has 1 aliphatic carbocycles. The summed E-state index contributed by atoms with van der Waals surface area (Å²) in [6.07, 6.45) is 17.0. The lowest BCUT2D eigenvalue weighted by molar-refractivity contribution is -0.137. The average Bonchev–Trinajstić information content (AvgIpc) is 3.30. The summed E-state index contributed by atoms with van der Waals surface area (Å²) in [6.45, 7) is 0. The second-order valence-corrected chi connectivity index (χ2v) is 8.49. The number of carboxylic acid groups (broad SMARTS) is 1. The predicted octanol–water partition coefficient (Wildman–Crippen LogP) is 4.01. The van der Waals surface area contributed by atoms with E-state index in [1.54, 1.807) is 12.1 Å². The van der Waals surface area contributed by atoms with Gasteiger partial charge in [0.25, 0.3) is 0 Å². The molecule has 3 rings (SSSR count). The van der Waals surface area contributed by atoms with Crippen LogP contribution in [0.25, 0.3) is 0 Å². The topological polar surface area (TPSA) is 79.2 Å². The first-order valence-electron chi connectivity index (χ1n) is 10.9. The molecular weight excluding hydrogens is 356 g/mol. The van der Waals surface area contributed by atoms with Crippen molar-refractivity contribution in [2.75, 3.05) is 7.05 Å². The lowest BCUT2D eigenvalue weighted by atomic mass is 9.78. The number of hydrazone groups is 1. The van der Waals surface area contributed by atoms with Crippen LogP contribution in [0.5, 0.6) is 0 Å². The Morgan fingerprint density at radius 2 is 1.86 bits per heavy atom. The Labute approximate surface area is 168 Å². The number of unbranched alkanes of at least 4 members (excludes halogenated alkanes) is 1. The Balaban J connectivity index is 1.50. The third-order valence-electron chi connectivity index (χ3n) is 6.51. The normalized spacial score (nSPS) is 30.5. The van der Waals surface area contributed by atoms with Crippen molar-refractivity contribution in [2.24, 2.45) is 22.9 Å². The molecule has 0 radical (unpaired) electrons. The SMILES string of the molecule is CN(N=C[C@H]1[C@@H](CC=CCCCC(=O)O)[C@H]2CC[C@@H]1O2)C(=O)C1CCCCC1. The van der Waals surface area contributed by atoms with Gasteiger partial charge in [0.2, 0.25) is 5.91 Å². The minimum Gasteiger partial charge on any atom is -0.481 e. The highest BCUT2D eigenvalue weighted by Gasteiger charge is 2.47. The second kappa shape index (κ2) is 10.2. The highest BCUT2D eigenvalue weighted by molar-refractivity contribution is 5.79. The van der Waals surface area contributed by atoms with Gasteiger partial charge in [-0.3, -0.25) is 9.59 Å². The molecule has 2 bridgehead atoms. The van der Waals surface area contributed by atoms with Crippen molar-refractivity contribution in [1.82, 2.24) is 5.01 Å². The van der Waals surface area contributed by atoms with Crippen LogP contribution in [0, 0.1) is 17.8 Å². The van der Waals surface area contributed by atoms with E-state index in [1.807, 2.05) is 6.21 Å². The number of nitrogens with zero attached hydrogens (tertiary/aromatic N) is 2. The summed E-state index contributed by atoms with van der Waals surface area (Å²) in [4.78, 5) is 23.2. The number of carboxylic acids is 1. The van der Waals surface area contributed by atoms with E-state index >= 15 is 0 Å². The van der Waals surface area contributed by atoms with Crippen LogP contribution in [-0.4, -0.2) is 47.5 Å².